The van der Waals surface area contributed by atoms with E-state index in [1.54, 1.807) is 6.92 Å². The predicted octanol–water partition coefficient (Wildman–Crippen LogP) is 1.97. The van der Waals surface area contributed by atoms with Gasteiger partial charge in [0.2, 0.25) is 10.0 Å². The molecule has 1 atom stereocenters. The molecule has 0 rings (SSSR count). The van der Waals surface area contributed by atoms with Crippen molar-refractivity contribution in [1.29, 1.82) is 0 Å². The second-order valence-corrected chi connectivity index (χ2v) is 7.33. The molecule has 0 heterocycles. The molecule has 86 valence electrons. The van der Waals surface area contributed by atoms with Crippen LogP contribution in [0.4, 0.5) is 0 Å². The maximum atomic E-state index is 11.1. The summed E-state index contributed by atoms with van der Waals surface area (Å²) in [6.45, 7) is 8.16. The third kappa shape index (κ3) is 7.59. The van der Waals surface area contributed by atoms with E-state index in [0.717, 1.165) is 6.42 Å². The quantitative estimate of drug-likeness (QED) is 0.749. The second-order valence-electron chi connectivity index (χ2n) is 4.61. The Bertz CT molecular complexity index is 256. The highest BCUT2D eigenvalue weighted by Crippen LogP contribution is 2.23. The standard InChI is InChI=1S/C9H20ClNO2S/c1-5-14(12,13)11-7-8(10)6-9(2,3)4/h8,11H,5-7H2,1-4H3. The van der Waals surface area contributed by atoms with Crippen LogP contribution in [0, 0.1) is 5.41 Å². The van der Waals surface area contributed by atoms with E-state index in [1.165, 1.54) is 0 Å². The van der Waals surface area contributed by atoms with Gasteiger partial charge in [-0.05, 0) is 18.8 Å². The first kappa shape index (κ1) is 14.2. The Morgan fingerprint density at radius 3 is 2.21 bits per heavy atom. The highest BCUT2D eigenvalue weighted by Gasteiger charge is 2.18. The smallest absolute Gasteiger partial charge is 0.211 e. The average molecular weight is 242 g/mol. The molecule has 0 aliphatic heterocycles. The molecule has 0 saturated carbocycles. The number of halogens is 1. The van der Waals surface area contributed by atoms with Gasteiger partial charge in [0, 0.05) is 11.9 Å². The minimum atomic E-state index is -3.10. The van der Waals surface area contributed by atoms with Crippen molar-refractivity contribution in [2.45, 2.75) is 39.5 Å². The van der Waals surface area contributed by atoms with Gasteiger partial charge in [-0.2, -0.15) is 0 Å². The molecule has 3 nitrogen and oxygen atoms in total. The van der Waals surface area contributed by atoms with Gasteiger partial charge in [0.1, 0.15) is 0 Å². The molecule has 1 unspecified atom stereocenters. The Hall–Kier alpha value is 0.200. The molecule has 0 aromatic carbocycles. The van der Waals surface area contributed by atoms with Gasteiger partial charge < -0.3 is 0 Å². The van der Waals surface area contributed by atoms with E-state index in [0.29, 0.717) is 6.54 Å². The molecule has 0 bridgehead atoms. The summed E-state index contributed by atoms with van der Waals surface area (Å²) in [5.74, 6) is 0.103. The lowest BCUT2D eigenvalue weighted by Gasteiger charge is -2.21. The molecule has 0 aromatic heterocycles. The van der Waals surface area contributed by atoms with Crippen LogP contribution in [-0.4, -0.2) is 26.1 Å². The van der Waals surface area contributed by atoms with Crippen LogP contribution in [0.15, 0.2) is 0 Å². The summed E-state index contributed by atoms with van der Waals surface area (Å²) in [6.07, 6.45) is 0.792. The van der Waals surface area contributed by atoms with Crippen molar-refractivity contribution in [3.8, 4) is 0 Å². The number of hydrogen-bond donors (Lipinski definition) is 1. The lowest BCUT2D eigenvalue weighted by Crippen LogP contribution is -2.32. The van der Waals surface area contributed by atoms with Crippen LogP contribution in [0.25, 0.3) is 0 Å². The zero-order valence-electron chi connectivity index (χ0n) is 9.30. The fourth-order valence-corrected chi connectivity index (χ4v) is 2.35. The summed E-state index contributed by atoms with van der Waals surface area (Å²) in [4.78, 5) is 0. The maximum Gasteiger partial charge on any atom is 0.211 e. The second kappa shape index (κ2) is 5.33. The van der Waals surface area contributed by atoms with Gasteiger partial charge in [-0.15, -0.1) is 11.6 Å². The van der Waals surface area contributed by atoms with Gasteiger partial charge in [0.25, 0.3) is 0 Å². The zero-order valence-corrected chi connectivity index (χ0v) is 10.9. The van der Waals surface area contributed by atoms with E-state index in [9.17, 15) is 8.42 Å². The molecular formula is C9H20ClNO2S. The summed E-state index contributed by atoms with van der Waals surface area (Å²) >= 11 is 6.00. The van der Waals surface area contributed by atoms with E-state index in [-0.39, 0.29) is 16.5 Å². The van der Waals surface area contributed by atoms with E-state index in [2.05, 4.69) is 25.5 Å². The Kier molecular flexibility index (Phi) is 5.41. The topological polar surface area (TPSA) is 46.2 Å². The van der Waals surface area contributed by atoms with E-state index < -0.39 is 10.0 Å². The van der Waals surface area contributed by atoms with Crippen molar-refractivity contribution in [2.24, 2.45) is 5.41 Å². The van der Waals surface area contributed by atoms with Crippen LogP contribution in [0.3, 0.4) is 0 Å². The van der Waals surface area contributed by atoms with Gasteiger partial charge in [0.05, 0.1) is 5.75 Å². The Morgan fingerprint density at radius 2 is 1.86 bits per heavy atom. The molecule has 0 amide bonds. The molecule has 0 aliphatic carbocycles. The minimum absolute atomic E-state index is 0.103. The summed E-state index contributed by atoms with van der Waals surface area (Å²) in [5.41, 5.74) is 0.129. The van der Waals surface area contributed by atoms with E-state index in [1.807, 2.05) is 0 Å². The first-order valence-electron chi connectivity index (χ1n) is 4.78. The van der Waals surface area contributed by atoms with E-state index >= 15 is 0 Å². The maximum absolute atomic E-state index is 11.1. The van der Waals surface area contributed by atoms with Crippen molar-refractivity contribution < 1.29 is 8.42 Å². The van der Waals surface area contributed by atoms with Crippen molar-refractivity contribution in [3.63, 3.8) is 0 Å². The third-order valence-electron chi connectivity index (χ3n) is 1.74. The van der Waals surface area contributed by atoms with Gasteiger partial charge >= 0.3 is 0 Å². The number of nitrogens with one attached hydrogen (secondary N) is 1. The summed E-state index contributed by atoms with van der Waals surface area (Å²) in [5, 5.41) is -0.142. The van der Waals surface area contributed by atoms with Crippen LogP contribution < -0.4 is 4.72 Å². The Balaban J connectivity index is 3.93. The zero-order chi connectivity index (χ0) is 11.4. The average Bonchev–Trinajstić information content (AvgIpc) is 1.98. The fraction of sp³-hybridized carbons (Fsp3) is 1.00. The monoisotopic (exact) mass is 241 g/mol. The lowest BCUT2D eigenvalue weighted by atomic mass is 9.90. The SMILES string of the molecule is CCS(=O)(=O)NCC(Cl)CC(C)(C)C. The molecule has 0 saturated heterocycles. The lowest BCUT2D eigenvalue weighted by molar-refractivity contribution is 0.369. The van der Waals surface area contributed by atoms with Gasteiger partial charge in [-0.1, -0.05) is 20.8 Å². The minimum Gasteiger partial charge on any atom is -0.214 e. The first-order chi connectivity index (χ1) is 6.16. The fourth-order valence-electron chi connectivity index (χ4n) is 1.06. The van der Waals surface area contributed by atoms with Crippen LogP contribution >= 0.6 is 11.6 Å². The number of rotatable bonds is 5. The molecule has 5 heteroatoms. The van der Waals surface area contributed by atoms with Gasteiger partial charge in [0.15, 0.2) is 0 Å². The summed E-state index contributed by atoms with van der Waals surface area (Å²) in [7, 11) is -3.10. The van der Waals surface area contributed by atoms with Gasteiger partial charge in [-0.25, -0.2) is 13.1 Å². The van der Waals surface area contributed by atoms with Gasteiger partial charge in [-0.3, -0.25) is 0 Å². The van der Waals surface area contributed by atoms with Crippen LogP contribution in [0.5, 0.6) is 0 Å². The predicted molar refractivity (Wildman–Crippen MR) is 61.2 cm³/mol. The molecular weight excluding hydrogens is 222 g/mol. The van der Waals surface area contributed by atoms with Crippen LogP contribution in [0.1, 0.15) is 34.1 Å². The number of alkyl halides is 1. The summed E-state index contributed by atoms with van der Waals surface area (Å²) in [6, 6.07) is 0. The molecule has 0 radical (unpaired) electrons. The normalized spacial score (nSPS) is 15.5. The molecule has 0 aromatic rings. The van der Waals surface area contributed by atoms with Crippen molar-refractivity contribution in [1.82, 2.24) is 4.72 Å². The molecule has 1 N–H and O–H groups in total. The molecule has 14 heavy (non-hydrogen) atoms. The number of hydrogen-bond acceptors (Lipinski definition) is 2. The largest absolute Gasteiger partial charge is 0.214 e. The number of sulfonamides is 1. The Labute approximate surface area is 92.3 Å². The molecule has 0 spiro atoms. The highest BCUT2D eigenvalue weighted by atomic mass is 35.5. The first-order valence-corrected chi connectivity index (χ1v) is 6.86. The van der Waals surface area contributed by atoms with Crippen molar-refractivity contribution in [3.05, 3.63) is 0 Å². The van der Waals surface area contributed by atoms with Crippen LogP contribution in [-0.2, 0) is 10.0 Å². The molecule has 0 fully saturated rings. The molecule has 0 aliphatic rings. The van der Waals surface area contributed by atoms with E-state index in [4.69, 9.17) is 11.6 Å². The van der Waals surface area contributed by atoms with Crippen molar-refractivity contribution in [2.75, 3.05) is 12.3 Å². The van der Waals surface area contributed by atoms with Crippen LogP contribution in [0.2, 0.25) is 0 Å². The highest BCUT2D eigenvalue weighted by molar-refractivity contribution is 7.89. The Morgan fingerprint density at radius 1 is 1.36 bits per heavy atom. The third-order valence-corrected chi connectivity index (χ3v) is 3.41. The summed E-state index contributed by atoms with van der Waals surface area (Å²) < 4.78 is 24.7. The van der Waals surface area contributed by atoms with Crippen molar-refractivity contribution >= 4 is 21.6 Å².